The van der Waals surface area contributed by atoms with Crippen LogP contribution in [-0.4, -0.2) is 17.1 Å². The van der Waals surface area contributed by atoms with Crippen molar-refractivity contribution >= 4 is 16.5 Å². The third-order valence-electron chi connectivity index (χ3n) is 2.41. The van der Waals surface area contributed by atoms with E-state index < -0.39 is 11.9 Å². The summed E-state index contributed by atoms with van der Waals surface area (Å²) in [6.07, 6.45) is -4.68. The van der Waals surface area contributed by atoms with Crippen molar-refractivity contribution in [2.45, 2.75) is 6.18 Å². The Morgan fingerprint density at radius 1 is 1.00 bits per heavy atom. The van der Waals surface area contributed by atoms with Crippen molar-refractivity contribution < 1.29 is 18.4 Å². The van der Waals surface area contributed by atoms with Crippen LogP contribution in [0, 0.1) is 0 Å². The fraction of sp³-hybridized carbons (Fsp3) is 0.0833. The van der Waals surface area contributed by atoms with Gasteiger partial charge in [0.05, 0.1) is 0 Å². The predicted molar refractivity (Wildman–Crippen MR) is 58.3 cm³/mol. The third-order valence-corrected chi connectivity index (χ3v) is 2.41. The fourth-order valence-corrected chi connectivity index (χ4v) is 1.70. The van der Waals surface area contributed by atoms with Crippen molar-refractivity contribution in [3.63, 3.8) is 0 Å². The molecule has 2 nitrogen and oxygen atoms in total. The molecule has 0 saturated heterocycles. The van der Waals surface area contributed by atoms with E-state index in [9.17, 15) is 13.2 Å². The zero-order valence-corrected chi connectivity index (χ0v) is 8.57. The van der Waals surface area contributed by atoms with E-state index in [1.54, 1.807) is 30.3 Å². The van der Waals surface area contributed by atoms with Crippen molar-refractivity contribution in [2.24, 2.45) is 5.16 Å². The van der Waals surface area contributed by atoms with Gasteiger partial charge in [0.25, 0.3) is 0 Å². The molecule has 0 bridgehead atoms. The molecule has 0 fully saturated rings. The molecule has 0 aliphatic rings. The van der Waals surface area contributed by atoms with Crippen molar-refractivity contribution in [1.29, 1.82) is 0 Å². The predicted octanol–water partition coefficient (Wildman–Crippen LogP) is 3.58. The Labute approximate surface area is 95.0 Å². The Hall–Kier alpha value is -2.04. The normalized spacial score (nSPS) is 13.0. The lowest BCUT2D eigenvalue weighted by Gasteiger charge is -2.11. The lowest BCUT2D eigenvalue weighted by Crippen LogP contribution is -2.24. The Morgan fingerprint density at radius 3 is 2.29 bits per heavy atom. The Morgan fingerprint density at radius 2 is 1.65 bits per heavy atom. The van der Waals surface area contributed by atoms with Crippen LogP contribution >= 0.6 is 0 Å². The summed E-state index contributed by atoms with van der Waals surface area (Å²) in [4.78, 5) is 0. The van der Waals surface area contributed by atoms with E-state index in [0.717, 1.165) is 0 Å². The Kier molecular flexibility index (Phi) is 2.75. The molecule has 1 N–H and O–H groups in total. The van der Waals surface area contributed by atoms with Crippen molar-refractivity contribution in [1.82, 2.24) is 0 Å². The van der Waals surface area contributed by atoms with Gasteiger partial charge in [-0.2, -0.15) is 13.2 Å². The molecule has 2 rings (SSSR count). The minimum atomic E-state index is -4.68. The first kappa shape index (κ1) is 11.4. The highest BCUT2D eigenvalue weighted by molar-refractivity contribution is 6.13. The van der Waals surface area contributed by atoms with E-state index in [2.05, 4.69) is 5.16 Å². The standard InChI is InChI=1S/C12H8F3NO/c13-12(14,15)11(16-17)10-7-3-5-8-4-1-2-6-9(8)10/h1-7,17H. The molecule has 0 aliphatic carbocycles. The van der Waals surface area contributed by atoms with E-state index in [4.69, 9.17) is 5.21 Å². The highest BCUT2D eigenvalue weighted by Crippen LogP contribution is 2.27. The molecule has 0 radical (unpaired) electrons. The smallest absolute Gasteiger partial charge is 0.410 e. The second kappa shape index (κ2) is 4.08. The number of fused-ring (bicyclic) bond motifs is 1. The summed E-state index contributed by atoms with van der Waals surface area (Å²) in [6, 6.07) is 11.1. The zero-order valence-electron chi connectivity index (χ0n) is 8.57. The van der Waals surface area contributed by atoms with Crippen molar-refractivity contribution in [3.05, 3.63) is 48.0 Å². The molecule has 0 saturated carbocycles. The maximum atomic E-state index is 12.6. The molecule has 0 atom stereocenters. The Balaban J connectivity index is 2.71. The molecule has 0 unspecified atom stereocenters. The first-order valence-corrected chi connectivity index (χ1v) is 4.81. The number of benzene rings is 2. The number of oxime groups is 1. The van der Waals surface area contributed by atoms with Gasteiger partial charge in [-0.25, -0.2) is 0 Å². The van der Waals surface area contributed by atoms with E-state index in [-0.39, 0.29) is 5.56 Å². The quantitative estimate of drug-likeness (QED) is 0.460. The molecule has 2 aromatic rings. The monoisotopic (exact) mass is 239 g/mol. The van der Waals surface area contributed by atoms with Crippen LogP contribution in [0.4, 0.5) is 13.2 Å². The number of nitrogens with zero attached hydrogens (tertiary/aromatic N) is 1. The molecule has 5 heteroatoms. The van der Waals surface area contributed by atoms with Crippen LogP contribution in [0.5, 0.6) is 0 Å². The van der Waals surface area contributed by atoms with E-state index in [1.807, 2.05) is 0 Å². The highest BCUT2D eigenvalue weighted by Gasteiger charge is 2.38. The van der Waals surface area contributed by atoms with Gasteiger partial charge in [0.1, 0.15) is 0 Å². The van der Waals surface area contributed by atoms with Crippen LogP contribution in [-0.2, 0) is 0 Å². The number of alkyl halides is 3. The molecule has 0 aromatic heterocycles. The summed E-state index contributed by atoms with van der Waals surface area (Å²) in [5.74, 6) is 0. The van der Waals surface area contributed by atoms with Gasteiger partial charge in [-0.05, 0) is 10.8 Å². The maximum absolute atomic E-state index is 12.6. The summed E-state index contributed by atoms with van der Waals surface area (Å²) in [5, 5.41) is 12.0. The fourth-order valence-electron chi connectivity index (χ4n) is 1.70. The number of hydrogen-bond donors (Lipinski definition) is 1. The summed E-state index contributed by atoms with van der Waals surface area (Å²) < 4.78 is 37.9. The molecule has 0 amide bonds. The Bertz CT molecular complexity index is 570. The second-order valence-corrected chi connectivity index (χ2v) is 3.47. The lowest BCUT2D eigenvalue weighted by molar-refractivity contribution is -0.0600. The maximum Gasteiger partial charge on any atom is 0.437 e. The summed E-state index contributed by atoms with van der Waals surface area (Å²) in [7, 11) is 0. The topological polar surface area (TPSA) is 32.6 Å². The third kappa shape index (κ3) is 2.08. The number of hydrogen-bond acceptors (Lipinski definition) is 2. The molecule has 17 heavy (non-hydrogen) atoms. The summed E-state index contributed by atoms with van der Waals surface area (Å²) in [5.41, 5.74) is -1.41. The molecular formula is C12H8F3NO. The molecule has 0 heterocycles. The minimum absolute atomic E-state index is 0.127. The molecule has 0 spiro atoms. The second-order valence-electron chi connectivity index (χ2n) is 3.47. The first-order chi connectivity index (χ1) is 8.04. The van der Waals surface area contributed by atoms with Crippen LogP contribution in [0.25, 0.3) is 10.8 Å². The lowest BCUT2D eigenvalue weighted by atomic mass is 10.0. The minimum Gasteiger partial charge on any atom is -0.410 e. The van der Waals surface area contributed by atoms with Gasteiger partial charge in [-0.1, -0.05) is 47.6 Å². The number of rotatable bonds is 1. The molecule has 2 aromatic carbocycles. The van der Waals surface area contributed by atoms with E-state index >= 15 is 0 Å². The summed E-state index contributed by atoms with van der Waals surface area (Å²) in [6.45, 7) is 0. The largest absolute Gasteiger partial charge is 0.437 e. The van der Waals surface area contributed by atoms with Crippen LogP contribution in [0.3, 0.4) is 0 Å². The highest BCUT2D eigenvalue weighted by atomic mass is 19.4. The van der Waals surface area contributed by atoms with Gasteiger partial charge in [0, 0.05) is 5.56 Å². The number of halogens is 3. The van der Waals surface area contributed by atoms with Crippen LogP contribution < -0.4 is 0 Å². The first-order valence-electron chi connectivity index (χ1n) is 4.81. The molecular weight excluding hydrogens is 231 g/mol. The van der Waals surface area contributed by atoms with Crippen molar-refractivity contribution in [3.8, 4) is 0 Å². The van der Waals surface area contributed by atoms with E-state index in [0.29, 0.717) is 10.8 Å². The molecule has 88 valence electrons. The average molecular weight is 239 g/mol. The van der Waals surface area contributed by atoms with Crippen LogP contribution in [0.2, 0.25) is 0 Å². The average Bonchev–Trinajstić information content (AvgIpc) is 2.28. The SMILES string of the molecule is ON=C(c1cccc2ccccc12)C(F)(F)F. The van der Waals surface area contributed by atoms with Gasteiger partial charge in [0.2, 0.25) is 0 Å². The van der Waals surface area contributed by atoms with Gasteiger partial charge < -0.3 is 5.21 Å². The summed E-state index contributed by atoms with van der Waals surface area (Å²) >= 11 is 0. The van der Waals surface area contributed by atoms with E-state index in [1.165, 1.54) is 12.1 Å². The zero-order chi connectivity index (χ0) is 12.5. The van der Waals surface area contributed by atoms with Crippen LogP contribution in [0.15, 0.2) is 47.6 Å². The van der Waals surface area contributed by atoms with Gasteiger partial charge in [-0.15, -0.1) is 0 Å². The van der Waals surface area contributed by atoms with Gasteiger partial charge >= 0.3 is 6.18 Å². The van der Waals surface area contributed by atoms with Gasteiger partial charge in [-0.3, -0.25) is 0 Å². The van der Waals surface area contributed by atoms with Gasteiger partial charge in [0.15, 0.2) is 5.71 Å². The molecule has 0 aliphatic heterocycles. The van der Waals surface area contributed by atoms with Crippen molar-refractivity contribution in [2.75, 3.05) is 0 Å². The van der Waals surface area contributed by atoms with Crippen LogP contribution in [0.1, 0.15) is 5.56 Å².